The van der Waals surface area contributed by atoms with Crippen LogP contribution in [-0.4, -0.2) is 11.1 Å². The summed E-state index contributed by atoms with van der Waals surface area (Å²) in [6, 6.07) is 14.4. The second-order valence-corrected chi connectivity index (χ2v) is 5.59. The van der Waals surface area contributed by atoms with Gasteiger partial charge in [0.25, 0.3) is 0 Å². The Morgan fingerprint density at radius 2 is 1.42 bits per heavy atom. The average Bonchev–Trinajstić information content (AvgIpc) is 2.61. The molecule has 0 heterocycles. The van der Waals surface area contributed by atoms with Crippen molar-refractivity contribution < 1.29 is 27.5 Å². The van der Waals surface area contributed by atoms with Crippen molar-refractivity contribution in [3.05, 3.63) is 83.7 Å². The monoisotopic (exact) mass is 360 g/mol. The molecule has 26 heavy (non-hydrogen) atoms. The highest BCUT2D eigenvalue weighted by molar-refractivity contribution is 5.96. The van der Waals surface area contributed by atoms with Gasteiger partial charge >= 0.3 is 12.1 Å². The van der Waals surface area contributed by atoms with Crippen LogP contribution < -0.4 is 0 Å². The molecule has 0 spiro atoms. The number of hydrogen-bond acceptors (Lipinski definition) is 1. The summed E-state index contributed by atoms with van der Waals surface area (Å²) in [5.41, 5.74) is -1.36. The van der Waals surface area contributed by atoms with Gasteiger partial charge in [-0.05, 0) is 34.9 Å². The van der Waals surface area contributed by atoms with Crippen molar-refractivity contribution in [3.63, 3.8) is 0 Å². The van der Waals surface area contributed by atoms with Gasteiger partial charge in [0, 0.05) is 5.56 Å². The Bertz CT molecular complexity index is 978. The Labute approximate surface area is 146 Å². The zero-order valence-corrected chi connectivity index (χ0v) is 13.2. The number of alkyl halides is 3. The number of carboxylic acid groups (broad SMARTS) is 1. The minimum absolute atomic E-state index is 0.0930. The maximum Gasteiger partial charge on any atom is 0.417 e. The molecular formula is C20H12F4O2. The van der Waals surface area contributed by atoms with Crippen LogP contribution in [0.15, 0.2) is 66.7 Å². The summed E-state index contributed by atoms with van der Waals surface area (Å²) in [5, 5.41) is 9.25. The van der Waals surface area contributed by atoms with Gasteiger partial charge in [-0.1, -0.05) is 48.5 Å². The number of carbonyl (C=O) groups is 1. The quantitative estimate of drug-likeness (QED) is 0.593. The Hall–Kier alpha value is -3.15. The highest BCUT2D eigenvalue weighted by atomic mass is 19.4. The lowest BCUT2D eigenvalue weighted by Crippen LogP contribution is -2.08. The SMILES string of the molecule is O=C(O)c1ccccc1-c1ccc(-c2ccccc2F)c(C(F)(F)F)c1. The molecule has 0 aliphatic heterocycles. The number of halogens is 4. The zero-order chi connectivity index (χ0) is 18.9. The molecule has 0 bridgehead atoms. The van der Waals surface area contributed by atoms with E-state index in [1.54, 1.807) is 6.07 Å². The standard InChI is InChI=1S/C20H12F4O2/c21-18-8-4-3-6-15(18)14-10-9-12(11-17(14)20(22,23)24)13-5-1-2-7-16(13)19(25)26/h1-11H,(H,25,26). The summed E-state index contributed by atoms with van der Waals surface area (Å²) in [5.74, 6) is -2.01. The Morgan fingerprint density at radius 1 is 0.808 bits per heavy atom. The van der Waals surface area contributed by atoms with Crippen LogP contribution in [0.1, 0.15) is 15.9 Å². The molecule has 0 atom stereocenters. The van der Waals surface area contributed by atoms with E-state index in [1.165, 1.54) is 42.5 Å². The molecule has 3 aromatic carbocycles. The normalized spacial score (nSPS) is 11.4. The van der Waals surface area contributed by atoms with Gasteiger partial charge in [-0.3, -0.25) is 0 Å². The molecule has 0 unspecified atom stereocenters. The van der Waals surface area contributed by atoms with Crippen LogP contribution in [0.3, 0.4) is 0 Å². The molecule has 0 aliphatic carbocycles. The molecule has 3 aromatic rings. The third-order valence-electron chi connectivity index (χ3n) is 3.96. The summed E-state index contributed by atoms with van der Waals surface area (Å²) in [6.45, 7) is 0. The van der Waals surface area contributed by atoms with E-state index in [0.717, 1.165) is 18.2 Å². The summed E-state index contributed by atoms with van der Waals surface area (Å²) in [6.07, 6.45) is -4.73. The van der Waals surface area contributed by atoms with Crippen LogP contribution in [-0.2, 0) is 6.18 Å². The smallest absolute Gasteiger partial charge is 0.417 e. The van der Waals surface area contributed by atoms with E-state index in [2.05, 4.69) is 0 Å². The molecular weight excluding hydrogens is 348 g/mol. The van der Waals surface area contributed by atoms with Crippen LogP contribution in [0, 0.1) is 5.82 Å². The molecule has 0 amide bonds. The molecule has 2 nitrogen and oxygen atoms in total. The van der Waals surface area contributed by atoms with Gasteiger partial charge in [0.2, 0.25) is 0 Å². The van der Waals surface area contributed by atoms with E-state index in [4.69, 9.17) is 0 Å². The second kappa shape index (κ2) is 6.63. The molecule has 0 fully saturated rings. The summed E-state index contributed by atoms with van der Waals surface area (Å²) < 4.78 is 54.7. The first-order chi connectivity index (χ1) is 12.3. The predicted octanol–water partition coefficient (Wildman–Crippen LogP) is 5.88. The molecule has 6 heteroatoms. The first kappa shape index (κ1) is 17.7. The molecule has 0 aromatic heterocycles. The molecule has 0 radical (unpaired) electrons. The van der Waals surface area contributed by atoms with Gasteiger partial charge in [-0.25, -0.2) is 9.18 Å². The minimum atomic E-state index is -4.73. The predicted molar refractivity (Wildman–Crippen MR) is 89.2 cm³/mol. The lowest BCUT2D eigenvalue weighted by atomic mass is 9.92. The van der Waals surface area contributed by atoms with Crippen molar-refractivity contribution in [2.24, 2.45) is 0 Å². The van der Waals surface area contributed by atoms with E-state index in [1.807, 2.05) is 0 Å². The number of rotatable bonds is 3. The third kappa shape index (κ3) is 3.31. The second-order valence-electron chi connectivity index (χ2n) is 5.59. The number of hydrogen-bond donors (Lipinski definition) is 1. The van der Waals surface area contributed by atoms with Gasteiger partial charge in [0.05, 0.1) is 11.1 Å². The molecule has 1 N–H and O–H groups in total. The van der Waals surface area contributed by atoms with E-state index < -0.39 is 23.5 Å². The first-order valence-electron chi connectivity index (χ1n) is 7.58. The fourth-order valence-electron chi connectivity index (χ4n) is 2.78. The summed E-state index contributed by atoms with van der Waals surface area (Å²) >= 11 is 0. The van der Waals surface area contributed by atoms with Crippen molar-refractivity contribution in [1.82, 2.24) is 0 Å². The van der Waals surface area contributed by atoms with E-state index in [-0.39, 0.29) is 27.8 Å². The molecule has 132 valence electrons. The van der Waals surface area contributed by atoms with Crippen LogP contribution in [0.25, 0.3) is 22.3 Å². The van der Waals surface area contributed by atoms with Gasteiger partial charge in [-0.15, -0.1) is 0 Å². The maximum atomic E-state index is 14.0. The minimum Gasteiger partial charge on any atom is -0.478 e. The lowest BCUT2D eigenvalue weighted by Gasteiger charge is -2.16. The van der Waals surface area contributed by atoms with Crippen LogP contribution in [0.4, 0.5) is 17.6 Å². The van der Waals surface area contributed by atoms with Crippen LogP contribution >= 0.6 is 0 Å². The fraction of sp³-hybridized carbons (Fsp3) is 0.0500. The van der Waals surface area contributed by atoms with Gasteiger partial charge in [-0.2, -0.15) is 13.2 Å². The van der Waals surface area contributed by atoms with Crippen molar-refractivity contribution in [3.8, 4) is 22.3 Å². The maximum absolute atomic E-state index is 14.0. The van der Waals surface area contributed by atoms with Gasteiger partial charge < -0.3 is 5.11 Å². The van der Waals surface area contributed by atoms with Crippen LogP contribution in [0.5, 0.6) is 0 Å². The lowest BCUT2D eigenvalue weighted by molar-refractivity contribution is -0.137. The Kier molecular flexibility index (Phi) is 4.50. The van der Waals surface area contributed by atoms with Gasteiger partial charge in [0.15, 0.2) is 0 Å². The third-order valence-corrected chi connectivity index (χ3v) is 3.96. The summed E-state index contributed by atoms with van der Waals surface area (Å²) in [7, 11) is 0. The molecule has 0 saturated heterocycles. The topological polar surface area (TPSA) is 37.3 Å². The molecule has 0 aliphatic rings. The van der Waals surface area contributed by atoms with Gasteiger partial charge in [0.1, 0.15) is 5.82 Å². The van der Waals surface area contributed by atoms with E-state index in [0.29, 0.717) is 0 Å². The Morgan fingerprint density at radius 3 is 2.04 bits per heavy atom. The van der Waals surface area contributed by atoms with Crippen molar-refractivity contribution in [2.75, 3.05) is 0 Å². The first-order valence-corrected chi connectivity index (χ1v) is 7.58. The largest absolute Gasteiger partial charge is 0.478 e. The van der Waals surface area contributed by atoms with Crippen molar-refractivity contribution in [1.29, 1.82) is 0 Å². The van der Waals surface area contributed by atoms with E-state index >= 15 is 0 Å². The number of carboxylic acids is 1. The fourth-order valence-corrected chi connectivity index (χ4v) is 2.78. The van der Waals surface area contributed by atoms with E-state index in [9.17, 15) is 27.5 Å². The highest BCUT2D eigenvalue weighted by Gasteiger charge is 2.34. The van der Waals surface area contributed by atoms with Crippen molar-refractivity contribution >= 4 is 5.97 Å². The average molecular weight is 360 g/mol. The zero-order valence-electron chi connectivity index (χ0n) is 13.2. The Balaban J connectivity index is 2.25. The van der Waals surface area contributed by atoms with Crippen molar-refractivity contribution in [2.45, 2.75) is 6.18 Å². The number of benzene rings is 3. The highest BCUT2D eigenvalue weighted by Crippen LogP contribution is 2.40. The molecule has 0 saturated carbocycles. The van der Waals surface area contributed by atoms with Crippen LogP contribution in [0.2, 0.25) is 0 Å². The summed E-state index contributed by atoms with van der Waals surface area (Å²) in [4.78, 5) is 11.3. The number of aromatic carboxylic acids is 1. The molecule has 3 rings (SSSR count).